The molecule has 144 valence electrons. The zero-order valence-corrected chi connectivity index (χ0v) is 16.3. The van der Waals surface area contributed by atoms with Gasteiger partial charge in [-0.05, 0) is 42.0 Å². The van der Waals surface area contributed by atoms with E-state index in [4.69, 9.17) is 5.26 Å². The Labute approximate surface area is 173 Å². The Morgan fingerprint density at radius 1 is 1.07 bits per heavy atom. The molecule has 1 aromatic heterocycles. The second kappa shape index (κ2) is 10.1. The Bertz CT molecular complexity index is 1050. The van der Waals surface area contributed by atoms with Crippen molar-refractivity contribution in [3.63, 3.8) is 0 Å². The quantitative estimate of drug-likeness (QED) is 0.589. The minimum Gasteiger partial charge on any atom is -0.348 e. The first kappa shape index (κ1) is 20.1. The van der Waals surface area contributed by atoms with E-state index < -0.39 is 0 Å². The highest BCUT2D eigenvalue weighted by Gasteiger charge is 2.13. The van der Waals surface area contributed by atoms with Crippen LogP contribution in [0.15, 0.2) is 78.0 Å². The van der Waals surface area contributed by atoms with Crippen LogP contribution in [0.3, 0.4) is 0 Å². The molecule has 0 spiro atoms. The average molecular weight is 402 g/mol. The molecule has 2 amide bonds. The lowest BCUT2D eigenvalue weighted by Crippen LogP contribution is -2.23. The third kappa shape index (κ3) is 5.92. The van der Waals surface area contributed by atoms with Crippen LogP contribution in [0.2, 0.25) is 0 Å². The molecule has 1 heterocycles. The normalized spacial score (nSPS) is 10.0. The average Bonchev–Trinajstić information content (AvgIpc) is 2.77. The van der Waals surface area contributed by atoms with Crippen LogP contribution in [0.4, 0.5) is 5.69 Å². The van der Waals surface area contributed by atoms with E-state index in [-0.39, 0.29) is 17.6 Å². The molecule has 7 heteroatoms. The molecule has 0 unspecified atom stereocenters. The topological polar surface area (TPSA) is 94.9 Å². The van der Waals surface area contributed by atoms with E-state index in [9.17, 15) is 9.59 Å². The molecule has 0 aliphatic carbocycles. The van der Waals surface area contributed by atoms with Crippen molar-refractivity contribution in [2.75, 3.05) is 11.1 Å². The van der Waals surface area contributed by atoms with Crippen molar-refractivity contribution in [3.05, 3.63) is 89.7 Å². The molecule has 2 N–H and O–H groups in total. The van der Waals surface area contributed by atoms with Gasteiger partial charge >= 0.3 is 0 Å². The molecule has 0 bridgehead atoms. The lowest BCUT2D eigenvalue weighted by molar-refractivity contribution is -0.113. The van der Waals surface area contributed by atoms with Gasteiger partial charge in [0.1, 0.15) is 0 Å². The third-order valence-corrected chi connectivity index (χ3v) is 5.02. The summed E-state index contributed by atoms with van der Waals surface area (Å²) in [5, 5.41) is 14.6. The predicted molar refractivity (Wildman–Crippen MR) is 112 cm³/mol. The largest absolute Gasteiger partial charge is 0.348 e. The Morgan fingerprint density at radius 3 is 2.72 bits per heavy atom. The Hall–Kier alpha value is -3.63. The van der Waals surface area contributed by atoms with Gasteiger partial charge in [0.05, 0.1) is 22.9 Å². The molecular weight excluding hydrogens is 384 g/mol. The Balaban J connectivity index is 1.59. The van der Waals surface area contributed by atoms with Crippen molar-refractivity contribution in [2.45, 2.75) is 11.4 Å². The van der Waals surface area contributed by atoms with Crippen LogP contribution in [0.5, 0.6) is 0 Å². The summed E-state index contributed by atoms with van der Waals surface area (Å²) in [5.74, 6) is -0.279. The van der Waals surface area contributed by atoms with Crippen LogP contribution in [0.1, 0.15) is 21.5 Å². The summed E-state index contributed by atoms with van der Waals surface area (Å²) >= 11 is 1.28. The van der Waals surface area contributed by atoms with E-state index in [0.29, 0.717) is 23.4 Å². The fourth-order valence-electron chi connectivity index (χ4n) is 2.57. The predicted octanol–water partition coefficient (Wildman–Crippen LogP) is 3.61. The van der Waals surface area contributed by atoms with Gasteiger partial charge in [-0.3, -0.25) is 14.6 Å². The van der Waals surface area contributed by atoms with Crippen molar-refractivity contribution in [2.24, 2.45) is 0 Å². The van der Waals surface area contributed by atoms with Crippen LogP contribution in [-0.4, -0.2) is 22.6 Å². The number of anilines is 1. The first-order valence-electron chi connectivity index (χ1n) is 8.84. The van der Waals surface area contributed by atoms with E-state index >= 15 is 0 Å². The fourth-order valence-corrected chi connectivity index (χ4v) is 3.42. The highest BCUT2D eigenvalue weighted by atomic mass is 32.2. The van der Waals surface area contributed by atoms with Crippen LogP contribution in [0, 0.1) is 11.3 Å². The monoisotopic (exact) mass is 402 g/mol. The first-order valence-corrected chi connectivity index (χ1v) is 9.83. The molecule has 0 aliphatic rings. The Morgan fingerprint density at radius 2 is 1.93 bits per heavy atom. The maximum atomic E-state index is 12.6. The summed E-state index contributed by atoms with van der Waals surface area (Å²) in [5.41, 5.74) is 2.47. The summed E-state index contributed by atoms with van der Waals surface area (Å²) in [7, 11) is 0. The summed E-state index contributed by atoms with van der Waals surface area (Å²) in [6.07, 6.45) is 3.38. The van der Waals surface area contributed by atoms with Gasteiger partial charge in [-0.1, -0.05) is 24.3 Å². The second-order valence-electron chi connectivity index (χ2n) is 6.07. The zero-order chi connectivity index (χ0) is 20.5. The van der Waals surface area contributed by atoms with Crippen LogP contribution in [-0.2, 0) is 11.3 Å². The maximum absolute atomic E-state index is 12.6. The van der Waals surface area contributed by atoms with Crippen LogP contribution in [0.25, 0.3) is 0 Å². The number of hydrogen-bond donors (Lipinski definition) is 2. The van der Waals surface area contributed by atoms with Crippen molar-refractivity contribution < 1.29 is 9.59 Å². The molecule has 3 aromatic rings. The lowest BCUT2D eigenvalue weighted by Gasteiger charge is -2.10. The number of carbonyl (C=O) groups excluding carboxylic acids is 2. The summed E-state index contributed by atoms with van der Waals surface area (Å²) in [6.45, 7) is 0.376. The molecule has 0 radical (unpaired) electrons. The minimum atomic E-state index is -0.212. The third-order valence-electron chi connectivity index (χ3n) is 3.94. The minimum absolute atomic E-state index is 0.143. The molecular formula is C22H18N4O2S. The number of nitrogens with one attached hydrogen (secondary N) is 2. The van der Waals surface area contributed by atoms with Gasteiger partial charge in [0.15, 0.2) is 0 Å². The fraction of sp³-hybridized carbons (Fsp3) is 0.0909. The number of amides is 2. The van der Waals surface area contributed by atoms with Gasteiger partial charge in [-0.25, -0.2) is 0 Å². The molecule has 0 aliphatic heterocycles. The molecule has 0 saturated heterocycles. The van der Waals surface area contributed by atoms with Crippen molar-refractivity contribution >= 4 is 29.3 Å². The summed E-state index contributed by atoms with van der Waals surface area (Å²) in [4.78, 5) is 29.6. The molecule has 2 aromatic carbocycles. The number of nitriles is 1. The van der Waals surface area contributed by atoms with Gasteiger partial charge in [0, 0.05) is 29.5 Å². The van der Waals surface area contributed by atoms with Crippen LogP contribution >= 0.6 is 11.8 Å². The molecule has 29 heavy (non-hydrogen) atoms. The number of nitrogens with zero attached hydrogens (tertiary/aromatic N) is 2. The van der Waals surface area contributed by atoms with Gasteiger partial charge in [-0.2, -0.15) is 5.26 Å². The first-order chi connectivity index (χ1) is 14.2. The van der Waals surface area contributed by atoms with Crippen molar-refractivity contribution in [3.8, 4) is 6.07 Å². The van der Waals surface area contributed by atoms with E-state index in [0.717, 1.165) is 10.5 Å². The summed E-state index contributed by atoms with van der Waals surface area (Å²) < 4.78 is 0. The number of carbonyl (C=O) groups is 2. The van der Waals surface area contributed by atoms with E-state index in [2.05, 4.69) is 15.6 Å². The van der Waals surface area contributed by atoms with E-state index in [1.54, 1.807) is 48.8 Å². The SMILES string of the molecule is N#Cc1cccc(NC(=O)CSc2ccccc2C(=O)NCc2cccnc2)c1. The molecule has 0 atom stereocenters. The molecule has 6 nitrogen and oxygen atoms in total. The van der Waals surface area contributed by atoms with Gasteiger partial charge in [-0.15, -0.1) is 11.8 Å². The molecule has 0 fully saturated rings. The second-order valence-corrected chi connectivity index (χ2v) is 7.09. The number of benzene rings is 2. The van der Waals surface area contributed by atoms with Gasteiger partial charge in [0.2, 0.25) is 5.91 Å². The molecule has 0 saturated carbocycles. The number of rotatable bonds is 7. The number of pyridine rings is 1. The molecule has 3 rings (SSSR count). The smallest absolute Gasteiger partial charge is 0.252 e. The van der Waals surface area contributed by atoms with Gasteiger partial charge in [0.25, 0.3) is 5.91 Å². The lowest BCUT2D eigenvalue weighted by atomic mass is 10.2. The number of aromatic nitrogens is 1. The van der Waals surface area contributed by atoms with E-state index in [1.165, 1.54) is 11.8 Å². The number of thioether (sulfide) groups is 1. The Kier molecular flexibility index (Phi) is 6.98. The van der Waals surface area contributed by atoms with Crippen molar-refractivity contribution in [1.82, 2.24) is 10.3 Å². The summed E-state index contributed by atoms with van der Waals surface area (Å²) in [6, 6.07) is 19.6. The highest BCUT2D eigenvalue weighted by molar-refractivity contribution is 8.00. The zero-order valence-electron chi connectivity index (χ0n) is 15.5. The maximum Gasteiger partial charge on any atom is 0.252 e. The van der Waals surface area contributed by atoms with Crippen LogP contribution < -0.4 is 10.6 Å². The highest BCUT2D eigenvalue weighted by Crippen LogP contribution is 2.23. The van der Waals surface area contributed by atoms with Crippen molar-refractivity contribution in [1.29, 1.82) is 5.26 Å². The van der Waals surface area contributed by atoms with Gasteiger partial charge < -0.3 is 10.6 Å². The standard InChI is InChI=1S/C22H18N4O2S/c23-12-16-5-3-7-18(11-16)26-21(27)15-29-20-9-2-1-8-19(20)22(28)25-14-17-6-4-10-24-13-17/h1-11,13H,14-15H2,(H,25,28)(H,26,27). The van der Waals surface area contributed by atoms with E-state index in [1.807, 2.05) is 30.3 Å². The number of hydrogen-bond acceptors (Lipinski definition) is 5.